The van der Waals surface area contributed by atoms with Gasteiger partial charge in [-0.1, -0.05) is 0 Å². The molecule has 0 aliphatic carbocycles. The van der Waals surface area contributed by atoms with Crippen molar-refractivity contribution in [2.75, 3.05) is 0 Å². The van der Waals surface area contributed by atoms with Crippen LogP contribution in [0.5, 0.6) is 5.75 Å². The van der Waals surface area contributed by atoms with Gasteiger partial charge in [-0.05, 0) is 48.5 Å². The number of pyridine rings is 1. The number of hydrogen-bond acceptors (Lipinski definition) is 5. The Bertz CT molecular complexity index is 1050. The highest BCUT2D eigenvalue weighted by atomic mass is 32.2. The van der Waals surface area contributed by atoms with Crippen molar-refractivity contribution in [3.8, 4) is 5.75 Å². The molecule has 3 rings (SSSR count). The quantitative estimate of drug-likeness (QED) is 0.620. The van der Waals surface area contributed by atoms with Gasteiger partial charge in [0.1, 0.15) is 11.6 Å². The Morgan fingerprint density at radius 3 is 2.04 bits per heavy atom. The molecule has 134 valence electrons. The maximum atomic E-state index is 13.0. The highest BCUT2D eigenvalue weighted by molar-refractivity contribution is 7.91. The first kappa shape index (κ1) is 18.2. The molecule has 0 amide bonds. The van der Waals surface area contributed by atoms with E-state index in [-0.39, 0.29) is 20.4 Å². The number of rotatable bonds is 5. The van der Waals surface area contributed by atoms with Crippen LogP contribution in [-0.4, -0.2) is 17.6 Å². The van der Waals surface area contributed by atoms with Crippen LogP contribution in [0.25, 0.3) is 0 Å². The van der Waals surface area contributed by atoms with Crippen LogP contribution in [-0.2, 0) is 20.9 Å². The molecular weight excluding hydrogens is 384 g/mol. The van der Waals surface area contributed by atoms with Gasteiger partial charge in [-0.2, -0.15) is 0 Å². The van der Waals surface area contributed by atoms with Gasteiger partial charge < -0.3 is 4.18 Å². The number of hydrogen-bond donors (Lipinski definition) is 0. The van der Waals surface area contributed by atoms with Gasteiger partial charge >= 0.3 is 0 Å². The molecule has 0 aliphatic rings. The zero-order chi connectivity index (χ0) is 18.7. The van der Waals surface area contributed by atoms with Gasteiger partial charge in [-0.3, -0.25) is 4.98 Å². The average molecular weight is 395 g/mol. The molecule has 1 heterocycles. The van der Waals surface area contributed by atoms with E-state index >= 15 is 0 Å². The van der Waals surface area contributed by atoms with E-state index in [0.29, 0.717) is 0 Å². The third-order valence-corrected chi connectivity index (χ3v) is 6.04. The predicted octanol–water partition coefficient (Wildman–Crippen LogP) is 3.29. The second-order valence-corrected chi connectivity index (χ2v) is 8.14. The molecule has 0 saturated carbocycles. The first-order valence-electron chi connectivity index (χ1n) is 7.17. The maximum Gasteiger partial charge on any atom is 0.240 e. The fraction of sp³-hybridized carbons (Fsp3) is 0. The summed E-state index contributed by atoms with van der Waals surface area (Å²) in [6.07, 6.45) is 2.30. The van der Waals surface area contributed by atoms with Crippen LogP contribution in [0.3, 0.4) is 0 Å². The van der Waals surface area contributed by atoms with Crippen LogP contribution in [0, 0.1) is 11.6 Å². The highest BCUT2D eigenvalue weighted by Crippen LogP contribution is 2.24. The van der Waals surface area contributed by atoms with Gasteiger partial charge in [-0.25, -0.2) is 21.4 Å². The van der Waals surface area contributed by atoms with Gasteiger partial charge in [0.05, 0.1) is 20.9 Å². The van der Waals surface area contributed by atoms with E-state index in [1.165, 1.54) is 18.3 Å². The van der Waals surface area contributed by atoms with Crippen molar-refractivity contribution >= 4 is 20.9 Å². The summed E-state index contributed by atoms with van der Waals surface area (Å²) in [5.74, 6) is -1.09. The number of aromatic nitrogens is 1. The Morgan fingerprint density at radius 1 is 0.846 bits per heavy atom. The van der Waals surface area contributed by atoms with Crippen molar-refractivity contribution < 1.29 is 25.6 Å². The predicted molar refractivity (Wildman–Crippen MR) is 89.5 cm³/mol. The monoisotopic (exact) mass is 395 g/mol. The van der Waals surface area contributed by atoms with Crippen molar-refractivity contribution in [1.29, 1.82) is 0 Å². The molecule has 0 spiro atoms. The molecule has 26 heavy (non-hydrogen) atoms. The molecule has 3 aromatic rings. The van der Waals surface area contributed by atoms with E-state index in [1.807, 2.05) is 0 Å². The molecule has 2 aromatic carbocycles. The second-order valence-electron chi connectivity index (χ2n) is 5.09. The average Bonchev–Trinajstić information content (AvgIpc) is 2.63. The van der Waals surface area contributed by atoms with Crippen LogP contribution in [0.4, 0.5) is 8.78 Å². The van der Waals surface area contributed by atoms with Crippen LogP contribution in [0.1, 0.15) is 0 Å². The summed E-state index contributed by atoms with van der Waals surface area (Å²) in [5, 5.41) is 0. The molecule has 1 aromatic heterocycles. The van der Waals surface area contributed by atoms with Crippen molar-refractivity contribution in [2.45, 2.75) is 14.7 Å². The maximum absolute atomic E-state index is 13.0. The molecule has 0 radical (unpaired) electrons. The normalized spacial score (nSPS) is 12.5. The van der Waals surface area contributed by atoms with E-state index in [1.54, 1.807) is 0 Å². The minimum absolute atomic E-state index is 0.0455. The molecule has 0 fully saturated rings. The number of sulfone groups is 1. The topological polar surface area (TPSA) is 73.3 Å². The molecule has 0 bridgehead atoms. The number of nitrogens with zero attached hydrogens (tertiary/aromatic N) is 1. The SMILES string of the molecule is O=S(Oc1cncc(S(=O)(=O)c2ccc(F)cc2)c1)c1ccc(F)cc1. The molecule has 9 heteroatoms. The first-order chi connectivity index (χ1) is 12.4. The minimum Gasteiger partial charge on any atom is -0.395 e. The fourth-order valence-corrected chi connectivity index (χ4v) is 3.98. The Kier molecular flexibility index (Phi) is 5.10. The first-order valence-corrected chi connectivity index (χ1v) is 9.73. The lowest BCUT2D eigenvalue weighted by Crippen LogP contribution is -2.05. The fourth-order valence-electron chi connectivity index (χ4n) is 2.02. The lowest BCUT2D eigenvalue weighted by atomic mass is 10.4. The van der Waals surface area contributed by atoms with Crippen molar-refractivity contribution in [3.63, 3.8) is 0 Å². The number of halogens is 2. The van der Waals surface area contributed by atoms with Crippen molar-refractivity contribution in [1.82, 2.24) is 4.98 Å². The second kappa shape index (κ2) is 7.30. The Balaban J connectivity index is 1.87. The smallest absolute Gasteiger partial charge is 0.240 e. The van der Waals surface area contributed by atoms with Crippen LogP contribution < -0.4 is 4.18 Å². The highest BCUT2D eigenvalue weighted by Gasteiger charge is 2.19. The molecule has 1 atom stereocenters. The lowest BCUT2D eigenvalue weighted by Gasteiger charge is -2.08. The van der Waals surface area contributed by atoms with Crippen LogP contribution in [0.2, 0.25) is 0 Å². The summed E-state index contributed by atoms with van der Waals surface area (Å²) in [6, 6.07) is 10.3. The van der Waals surface area contributed by atoms with Gasteiger partial charge in [0.2, 0.25) is 20.9 Å². The zero-order valence-electron chi connectivity index (χ0n) is 13.0. The Morgan fingerprint density at radius 2 is 1.42 bits per heavy atom. The van der Waals surface area contributed by atoms with Crippen molar-refractivity contribution in [2.24, 2.45) is 0 Å². The van der Waals surface area contributed by atoms with Gasteiger partial charge in [-0.15, -0.1) is 0 Å². The number of benzene rings is 2. The molecule has 1 unspecified atom stereocenters. The lowest BCUT2D eigenvalue weighted by molar-refractivity contribution is 0.555. The summed E-state index contributed by atoms with van der Waals surface area (Å²) < 4.78 is 68.3. The van der Waals surface area contributed by atoms with Gasteiger partial charge in [0, 0.05) is 12.3 Å². The summed E-state index contributed by atoms with van der Waals surface area (Å²) in [4.78, 5) is 3.68. The minimum atomic E-state index is -3.94. The Hall–Kier alpha value is -2.65. The van der Waals surface area contributed by atoms with Crippen LogP contribution >= 0.6 is 0 Å². The summed E-state index contributed by atoms with van der Waals surface area (Å²) in [7, 11) is -3.94. The zero-order valence-corrected chi connectivity index (χ0v) is 14.6. The molecule has 0 aliphatic heterocycles. The third kappa shape index (κ3) is 3.94. The largest absolute Gasteiger partial charge is 0.395 e. The van der Waals surface area contributed by atoms with Gasteiger partial charge in [0.25, 0.3) is 0 Å². The summed E-state index contributed by atoms with van der Waals surface area (Å²) in [5.41, 5.74) is 0. The molecule has 0 N–H and O–H groups in total. The molecule has 5 nitrogen and oxygen atoms in total. The van der Waals surface area contributed by atoms with E-state index in [2.05, 4.69) is 4.98 Å². The third-order valence-electron chi connectivity index (χ3n) is 3.30. The van der Waals surface area contributed by atoms with E-state index < -0.39 is 32.6 Å². The van der Waals surface area contributed by atoms with E-state index in [0.717, 1.165) is 48.7 Å². The summed E-state index contributed by atoms with van der Waals surface area (Å²) >= 11 is -1.98. The van der Waals surface area contributed by atoms with Crippen molar-refractivity contribution in [3.05, 3.63) is 78.6 Å². The van der Waals surface area contributed by atoms with Gasteiger partial charge in [0.15, 0.2) is 5.75 Å². The van der Waals surface area contributed by atoms with E-state index in [4.69, 9.17) is 4.18 Å². The standard InChI is InChI=1S/C17H11F2NO4S2/c18-12-1-5-15(6-2-12)25(21)24-14-9-17(11-20-10-14)26(22,23)16-7-3-13(19)4-8-16/h1-11H. The van der Waals surface area contributed by atoms with E-state index in [9.17, 15) is 21.4 Å². The van der Waals surface area contributed by atoms with Crippen LogP contribution in [0.15, 0.2) is 81.7 Å². The Labute approximate surface area is 150 Å². The summed E-state index contributed by atoms with van der Waals surface area (Å²) in [6.45, 7) is 0. The molecule has 0 saturated heterocycles. The molecular formula is C17H11F2NO4S2.